The van der Waals surface area contributed by atoms with Crippen LogP contribution in [0.25, 0.3) is 22.5 Å². The molecule has 2 heterocycles. The summed E-state index contributed by atoms with van der Waals surface area (Å²) in [7, 11) is 0. The van der Waals surface area contributed by atoms with E-state index >= 15 is 0 Å². The van der Waals surface area contributed by atoms with Gasteiger partial charge in [-0.1, -0.05) is 42.5 Å². The predicted molar refractivity (Wildman–Crippen MR) is 122 cm³/mol. The SMILES string of the molecule is Cc1nc(-c2cccc(F)c2O)n(CCc2ccccc2)c(=O)c1-c1ccc2c(c1)OCO2. The maximum atomic E-state index is 14.1. The van der Waals surface area contributed by atoms with Crippen molar-refractivity contribution in [2.24, 2.45) is 0 Å². The van der Waals surface area contributed by atoms with Gasteiger partial charge >= 0.3 is 0 Å². The summed E-state index contributed by atoms with van der Waals surface area (Å²) in [6.45, 7) is 2.16. The van der Waals surface area contributed by atoms with Gasteiger partial charge in [-0.25, -0.2) is 9.37 Å². The van der Waals surface area contributed by atoms with Crippen molar-refractivity contribution < 1.29 is 19.0 Å². The van der Waals surface area contributed by atoms with Crippen LogP contribution < -0.4 is 15.0 Å². The van der Waals surface area contributed by atoms with Crippen molar-refractivity contribution in [3.05, 3.63) is 94.2 Å². The lowest BCUT2D eigenvalue weighted by molar-refractivity contribution is 0.174. The highest BCUT2D eigenvalue weighted by Crippen LogP contribution is 2.36. The normalized spacial score (nSPS) is 12.2. The number of hydrogen-bond acceptors (Lipinski definition) is 5. The minimum Gasteiger partial charge on any atom is -0.504 e. The smallest absolute Gasteiger partial charge is 0.261 e. The van der Waals surface area contributed by atoms with E-state index in [1.54, 1.807) is 31.2 Å². The first-order chi connectivity index (χ1) is 16.0. The molecule has 0 spiro atoms. The number of rotatable bonds is 5. The first-order valence-corrected chi connectivity index (χ1v) is 10.6. The largest absolute Gasteiger partial charge is 0.504 e. The molecule has 0 unspecified atom stereocenters. The Bertz CT molecular complexity index is 1400. The molecule has 7 heteroatoms. The fourth-order valence-corrected chi connectivity index (χ4v) is 4.04. The highest BCUT2D eigenvalue weighted by Gasteiger charge is 2.22. The van der Waals surface area contributed by atoms with E-state index in [0.717, 1.165) is 5.56 Å². The van der Waals surface area contributed by atoms with Gasteiger partial charge < -0.3 is 14.6 Å². The molecule has 1 aromatic heterocycles. The van der Waals surface area contributed by atoms with E-state index in [2.05, 4.69) is 4.98 Å². The van der Waals surface area contributed by atoms with Gasteiger partial charge in [-0.05, 0) is 48.7 Å². The lowest BCUT2D eigenvalue weighted by atomic mass is 10.0. The summed E-state index contributed by atoms with van der Waals surface area (Å²) >= 11 is 0. The highest BCUT2D eigenvalue weighted by molar-refractivity contribution is 5.71. The Balaban J connectivity index is 1.68. The Morgan fingerprint density at radius 3 is 2.64 bits per heavy atom. The second-order valence-corrected chi connectivity index (χ2v) is 7.79. The van der Waals surface area contributed by atoms with Crippen LogP contribution in [-0.4, -0.2) is 21.5 Å². The molecule has 0 bridgehead atoms. The average Bonchev–Trinajstić information content (AvgIpc) is 3.29. The van der Waals surface area contributed by atoms with Gasteiger partial charge in [0.05, 0.1) is 16.8 Å². The van der Waals surface area contributed by atoms with Gasteiger partial charge in [-0.15, -0.1) is 0 Å². The number of aromatic hydroxyl groups is 1. The molecule has 1 aliphatic rings. The molecule has 0 amide bonds. The summed E-state index contributed by atoms with van der Waals surface area (Å²) in [5.41, 5.74) is 2.47. The summed E-state index contributed by atoms with van der Waals surface area (Å²) in [4.78, 5) is 18.4. The molecule has 166 valence electrons. The standard InChI is InChI=1S/C26H21FN2O4/c1-16-23(18-10-11-21-22(14-18)33-15-32-21)26(31)29(13-12-17-6-3-2-4-7-17)25(28-16)19-8-5-9-20(27)24(19)30/h2-11,14,30H,12-13,15H2,1H3. The third-order valence-corrected chi connectivity index (χ3v) is 5.71. The third kappa shape index (κ3) is 3.82. The summed E-state index contributed by atoms with van der Waals surface area (Å²) in [5.74, 6) is 0.0981. The number of nitrogens with zero attached hydrogens (tertiary/aromatic N) is 2. The molecule has 0 radical (unpaired) electrons. The van der Waals surface area contributed by atoms with Crippen molar-refractivity contribution in [3.8, 4) is 39.8 Å². The molecule has 4 aromatic rings. The predicted octanol–water partition coefficient (Wildman–Crippen LogP) is 4.70. The molecular weight excluding hydrogens is 423 g/mol. The van der Waals surface area contributed by atoms with Crippen LogP contribution in [0.2, 0.25) is 0 Å². The van der Waals surface area contributed by atoms with Gasteiger partial charge in [0.15, 0.2) is 23.1 Å². The molecule has 0 saturated heterocycles. The van der Waals surface area contributed by atoms with Crippen LogP contribution >= 0.6 is 0 Å². The van der Waals surface area contributed by atoms with E-state index in [1.807, 2.05) is 30.3 Å². The number of ether oxygens (including phenoxy) is 2. The number of benzene rings is 3. The molecule has 5 rings (SSSR count). The number of aryl methyl sites for hydroxylation is 2. The van der Waals surface area contributed by atoms with Gasteiger partial charge in [0.25, 0.3) is 5.56 Å². The molecule has 0 aliphatic carbocycles. The molecule has 0 saturated carbocycles. The van der Waals surface area contributed by atoms with Crippen molar-refractivity contribution in [1.29, 1.82) is 0 Å². The molecule has 3 aromatic carbocycles. The lowest BCUT2D eigenvalue weighted by Gasteiger charge is -2.17. The molecular formula is C26H21FN2O4. The molecule has 1 aliphatic heterocycles. The Hall–Kier alpha value is -4.13. The van der Waals surface area contributed by atoms with Crippen molar-refractivity contribution in [2.75, 3.05) is 6.79 Å². The molecule has 0 fully saturated rings. The van der Waals surface area contributed by atoms with Crippen LogP contribution in [0.15, 0.2) is 71.5 Å². The monoisotopic (exact) mass is 444 g/mol. The van der Waals surface area contributed by atoms with Crippen molar-refractivity contribution in [3.63, 3.8) is 0 Å². The number of phenolic OH excluding ortho intramolecular Hbond substituents is 1. The number of hydrogen-bond donors (Lipinski definition) is 1. The van der Waals surface area contributed by atoms with Crippen LogP contribution in [-0.2, 0) is 13.0 Å². The van der Waals surface area contributed by atoms with E-state index in [0.29, 0.717) is 41.3 Å². The van der Waals surface area contributed by atoms with E-state index in [1.165, 1.54) is 16.7 Å². The first kappa shape index (κ1) is 20.8. The van der Waals surface area contributed by atoms with Gasteiger partial charge in [-0.2, -0.15) is 0 Å². The fourth-order valence-electron chi connectivity index (χ4n) is 4.04. The minimum atomic E-state index is -0.770. The number of fused-ring (bicyclic) bond motifs is 1. The van der Waals surface area contributed by atoms with E-state index in [4.69, 9.17) is 9.47 Å². The van der Waals surface area contributed by atoms with Crippen molar-refractivity contribution >= 4 is 0 Å². The van der Waals surface area contributed by atoms with Crippen LogP contribution in [0, 0.1) is 12.7 Å². The summed E-state index contributed by atoms with van der Waals surface area (Å²) in [6, 6.07) is 19.3. The van der Waals surface area contributed by atoms with E-state index < -0.39 is 11.6 Å². The van der Waals surface area contributed by atoms with Crippen LogP contribution in [0.3, 0.4) is 0 Å². The second kappa shape index (κ2) is 8.43. The molecule has 1 N–H and O–H groups in total. The summed E-state index contributed by atoms with van der Waals surface area (Å²) < 4.78 is 26.5. The zero-order valence-corrected chi connectivity index (χ0v) is 17.9. The summed E-state index contributed by atoms with van der Waals surface area (Å²) in [6.07, 6.45) is 0.565. The number of halogens is 1. The van der Waals surface area contributed by atoms with Crippen LogP contribution in [0.1, 0.15) is 11.3 Å². The third-order valence-electron chi connectivity index (χ3n) is 5.71. The van der Waals surface area contributed by atoms with E-state index in [9.17, 15) is 14.3 Å². The Labute approximate surface area is 189 Å². The van der Waals surface area contributed by atoms with Crippen molar-refractivity contribution in [1.82, 2.24) is 9.55 Å². The Kier molecular flexibility index (Phi) is 5.30. The van der Waals surface area contributed by atoms with Crippen LogP contribution in [0.5, 0.6) is 17.2 Å². The zero-order chi connectivity index (χ0) is 22.9. The van der Waals surface area contributed by atoms with Gasteiger partial charge in [0.2, 0.25) is 6.79 Å². The first-order valence-electron chi connectivity index (χ1n) is 10.6. The maximum absolute atomic E-state index is 14.1. The second-order valence-electron chi connectivity index (χ2n) is 7.79. The van der Waals surface area contributed by atoms with Gasteiger partial charge in [0, 0.05) is 6.54 Å². The van der Waals surface area contributed by atoms with Gasteiger partial charge in [0.1, 0.15) is 5.82 Å². The molecule has 33 heavy (non-hydrogen) atoms. The van der Waals surface area contributed by atoms with Crippen LogP contribution in [0.4, 0.5) is 4.39 Å². The van der Waals surface area contributed by atoms with Gasteiger partial charge in [-0.3, -0.25) is 9.36 Å². The zero-order valence-electron chi connectivity index (χ0n) is 17.9. The quantitative estimate of drug-likeness (QED) is 0.483. The lowest BCUT2D eigenvalue weighted by Crippen LogP contribution is -2.27. The Morgan fingerprint density at radius 2 is 1.82 bits per heavy atom. The topological polar surface area (TPSA) is 73.6 Å². The molecule has 0 atom stereocenters. The fraction of sp³-hybridized carbons (Fsp3) is 0.154. The Morgan fingerprint density at radius 1 is 1.03 bits per heavy atom. The molecule has 6 nitrogen and oxygen atoms in total. The summed E-state index contributed by atoms with van der Waals surface area (Å²) in [5, 5.41) is 10.4. The van der Waals surface area contributed by atoms with E-state index in [-0.39, 0.29) is 23.7 Å². The maximum Gasteiger partial charge on any atom is 0.261 e. The number of para-hydroxylation sites is 1. The average molecular weight is 444 g/mol. The number of aromatic nitrogens is 2. The van der Waals surface area contributed by atoms with Crippen molar-refractivity contribution in [2.45, 2.75) is 19.9 Å². The number of phenols is 1. The highest BCUT2D eigenvalue weighted by atomic mass is 19.1. The minimum absolute atomic E-state index is 0.134.